The standard InChI is InChI=1S/C20H21NO6/c1-12-5-6-13(2)17(7-12)27-11-18(22)21-16-9-14(19(23)25-3)8-15(10-16)20(24)26-4/h5-10H,11H2,1-4H3,(H,21,22). The van der Waals surface area contributed by atoms with E-state index in [1.54, 1.807) is 0 Å². The summed E-state index contributed by atoms with van der Waals surface area (Å²) >= 11 is 0. The van der Waals surface area contributed by atoms with Crippen molar-refractivity contribution in [3.05, 3.63) is 58.7 Å². The normalized spacial score (nSPS) is 10.1. The SMILES string of the molecule is COC(=O)c1cc(NC(=O)COc2cc(C)ccc2C)cc(C(=O)OC)c1. The minimum Gasteiger partial charge on any atom is -0.483 e. The van der Waals surface area contributed by atoms with Gasteiger partial charge in [-0.2, -0.15) is 0 Å². The highest BCUT2D eigenvalue weighted by molar-refractivity contribution is 5.99. The van der Waals surface area contributed by atoms with Gasteiger partial charge in [0.1, 0.15) is 5.75 Å². The van der Waals surface area contributed by atoms with Gasteiger partial charge in [0, 0.05) is 5.69 Å². The molecule has 1 N–H and O–H groups in total. The minimum atomic E-state index is -0.636. The zero-order valence-electron chi connectivity index (χ0n) is 15.6. The van der Waals surface area contributed by atoms with Gasteiger partial charge in [0.15, 0.2) is 6.61 Å². The lowest BCUT2D eigenvalue weighted by molar-refractivity contribution is -0.118. The summed E-state index contributed by atoms with van der Waals surface area (Å²) in [7, 11) is 2.45. The van der Waals surface area contributed by atoms with Crippen LogP contribution in [0.2, 0.25) is 0 Å². The molecule has 0 bridgehead atoms. The Labute approximate surface area is 157 Å². The van der Waals surface area contributed by atoms with Gasteiger partial charge in [0.05, 0.1) is 25.3 Å². The molecule has 0 aromatic heterocycles. The summed E-state index contributed by atoms with van der Waals surface area (Å²) in [4.78, 5) is 35.8. The van der Waals surface area contributed by atoms with Crippen LogP contribution in [0.5, 0.6) is 5.75 Å². The molecule has 0 heterocycles. The second kappa shape index (κ2) is 8.84. The maximum absolute atomic E-state index is 12.2. The third-order valence-corrected chi connectivity index (χ3v) is 3.76. The van der Waals surface area contributed by atoms with Gasteiger partial charge in [0.25, 0.3) is 5.91 Å². The Bertz CT molecular complexity index is 841. The van der Waals surface area contributed by atoms with Crippen molar-refractivity contribution in [2.24, 2.45) is 0 Å². The smallest absolute Gasteiger partial charge is 0.337 e. The number of carbonyl (C=O) groups is 3. The maximum atomic E-state index is 12.2. The Morgan fingerprint density at radius 1 is 0.889 bits per heavy atom. The van der Waals surface area contributed by atoms with Gasteiger partial charge in [-0.1, -0.05) is 12.1 Å². The van der Waals surface area contributed by atoms with Gasteiger partial charge in [-0.05, 0) is 49.2 Å². The Morgan fingerprint density at radius 2 is 1.48 bits per heavy atom. The summed E-state index contributed by atoms with van der Waals surface area (Å²) in [6.45, 7) is 3.59. The molecule has 2 rings (SSSR count). The summed E-state index contributed by atoms with van der Waals surface area (Å²) in [5.74, 6) is -1.09. The summed E-state index contributed by atoms with van der Waals surface area (Å²) in [6, 6.07) is 9.86. The van der Waals surface area contributed by atoms with Crippen molar-refractivity contribution in [1.82, 2.24) is 0 Å². The number of anilines is 1. The van der Waals surface area contributed by atoms with Crippen molar-refractivity contribution in [2.45, 2.75) is 13.8 Å². The fourth-order valence-corrected chi connectivity index (χ4v) is 2.37. The van der Waals surface area contributed by atoms with Gasteiger partial charge < -0.3 is 19.5 Å². The Morgan fingerprint density at radius 3 is 2.04 bits per heavy atom. The highest BCUT2D eigenvalue weighted by atomic mass is 16.5. The molecule has 0 saturated carbocycles. The lowest BCUT2D eigenvalue weighted by Gasteiger charge is -2.12. The van der Waals surface area contributed by atoms with E-state index < -0.39 is 17.8 Å². The molecule has 0 radical (unpaired) electrons. The van der Waals surface area contributed by atoms with E-state index in [4.69, 9.17) is 4.74 Å². The van der Waals surface area contributed by atoms with Gasteiger partial charge in [0.2, 0.25) is 0 Å². The van der Waals surface area contributed by atoms with Crippen LogP contribution in [0.25, 0.3) is 0 Å². The van der Waals surface area contributed by atoms with Crippen LogP contribution < -0.4 is 10.1 Å². The van der Waals surface area contributed by atoms with Gasteiger partial charge in [-0.15, -0.1) is 0 Å². The van der Waals surface area contributed by atoms with E-state index in [-0.39, 0.29) is 23.4 Å². The highest BCUT2D eigenvalue weighted by Gasteiger charge is 2.15. The number of ether oxygens (including phenoxy) is 3. The number of nitrogens with one attached hydrogen (secondary N) is 1. The van der Waals surface area contributed by atoms with E-state index in [1.807, 2.05) is 32.0 Å². The Balaban J connectivity index is 2.15. The summed E-state index contributed by atoms with van der Waals surface area (Å²) in [6.07, 6.45) is 0. The monoisotopic (exact) mass is 371 g/mol. The zero-order valence-corrected chi connectivity index (χ0v) is 15.6. The number of rotatable bonds is 6. The first-order valence-corrected chi connectivity index (χ1v) is 8.15. The van der Waals surface area contributed by atoms with Crippen molar-refractivity contribution < 1.29 is 28.6 Å². The molecule has 7 nitrogen and oxygen atoms in total. The Kier molecular flexibility index (Phi) is 6.54. The summed E-state index contributed by atoms with van der Waals surface area (Å²) in [5.41, 5.74) is 2.42. The number of methoxy groups -OCH3 is 2. The van der Waals surface area contributed by atoms with Crippen molar-refractivity contribution in [1.29, 1.82) is 0 Å². The topological polar surface area (TPSA) is 90.9 Å². The number of hydrogen-bond donors (Lipinski definition) is 1. The molecule has 0 saturated heterocycles. The fraction of sp³-hybridized carbons (Fsp3) is 0.250. The number of amides is 1. The van der Waals surface area contributed by atoms with E-state index >= 15 is 0 Å². The zero-order chi connectivity index (χ0) is 20.0. The number of hydrogen-bond acceptors (Lipinski definition) is 6. The molecular formula is C20H21NO6. The molecule has 2 aromatic rings. The van der Waals surface area contributed by atoms with Crippen LogP contribution in [0, 0.1) is 13.8 Å². The second-order valence-corrected chi connectivity index (χ2v) is 5.89. The lowest BCUT2D eigenvalue weighted by Crippen LogP contribution is -2.21. The Hall–Kier alpha value is -3.35. The first-order valence-electron chi connectivity index (χ1n) is 8.15. The number of carbonyl (C=O) groups excluding carboxylic acids is 3. The minimum absolute atomic E-state index is 0.117. The average Bonchev–Trinajstić information content (AvgIpc) is 2.67. The van der Waals surface area contributed by atoms with Gasteiger partial charge >= 0.3 is 11.9 Å². The first-order chi connectivity index (χ1) is 12.8. The van der Waals surface area contributed by atoms with Crippen LogP contribution in [0.15, 0.2) is 36.4 Å². The van der Waals surface area contributed by atoms with Crippen LogP contribution >= 0.6 is 0 Å². The van der Waals surface area contributed by atoms with Crippen LogP contribution in [0.4, 0.5) is 5.69 Å². The predicted molar refractivity (Wildman–Crippen MR) is 99.2 cm³/mol. The van der Waals surface area contributed by atoms with E-state index in [1.165, 1.54) is 32.4 Å². The van der Waals surface area contributed by atoms with Crippen molar-refractivity contribution in [3.8, 4) is 5.75 Å². The molecular weight excluding hydrogens is 350 g/mol. The molecule has 2 aromatic carbocycles. The largest absolute Gasteiger partial charge is 0.483 e. The van der Waals surface area contributed by atoms with E-state index in [0.717, 1.165) is 11.1 Å². The van der Waals surface area contributed by atoms with Crippen molar-refractivity contribution >= 4 is 23.5 Å². The summed E-state index contributed by atoms with van der Waals surface area (Å²) in [5, 5.41) is 2.61. The highest BCUT2D eigenvalue weighted by Crippen LogP contribution is 2.20. The lowest BCUT2D eigenvalue weighted by atomic mass is 10.1. The van der Waals surface area contributed by atoms with Crippen LogP contribution in [-0.2, 0) is 14.3 Å². The number of aryl methyl sites for hydroxylation is 2. The van der Waals surface area contributed by atoms with Crippen molar-refractivity contribution in [2.75, 3.05) is 26.1 Å². The van der Waals surface area contributed by atoms with Crippen LogP contribution in [0.1, 0.15) is 31.8 Å². The van der Waals surface area contributed by atoms with Gasteiger partial charge in [-0.3, -0.25) is 4.79 Å². The molecule has 0 unspecified atom stereocenters. The third-order valence-electron chi connectivity index (χ3n) is 3.76. The number of benzene rings is 2. The van der Waals surface area contributed by atoms with Crippen molar-refractivity contribution in [3.63, 3.8) is 0 Å². The molecule has 0 aliphatic rings. The molecule has 0 spiro atoms. The first kappa shape index (κ1) is 20.0. The van der Waals surface area contributed by atoms with E-state index in [0.29, 0.717) is 5.75 Å². The predicted octanol–water partition coefficient (Wildman–Crippen LogP) is 2.89. The van der Waals surface area contributed by atoms with Crippen LogP contribution in [0.3, 0.4) is 0 Å². The van der Waals surface area contributed by atoms with Gasteiger partial charge in [-0.25, -0.2) is 9.59 Å². The fourth-order valence-electron chi connectivity index (χ4n) is 2.37. The quantitative estimate of drug-likeness (QED) is 0.785. The molecule has 27 heavy (non-hydrogen) atoms. The molecule has 0 aliphatic carbocycles. The maximum Gasteiger partial charge on any atom is 0.337 e. The van der Waals surface area contributed by atoms with E-state index in [9.17, 15) is 14.4 Å². The molecule has 0 atom stereocenters. The molecule has 142 valence electrons. The molecule has 0 aliphatic heterocycles. The second-order valence-electron chi connectivity index (χ2n) is 5.89. The third kappa shape index (κ3) is 5.31. The average molecular weight is 371 g/mol. The number of esters is 2. The summed E-state index contributed by atoms with van der Waals surface area (Å²) < 4.78 is 14.9. The van der Waals surface area contributed by atoms with E-state index in [2.05, 4.69) is 14.8 Å². The van der Waals surface area contributed by atoms with Crippen LogP contribution in [-0.4, -0.2) is 38.7 Å². The molecule has 0 fully saturated rings. The molecule has 1 amide bonds. The molecule has 7 heteroatoms.